The highest BCUT2D eigenvalue weighted by atomic mass is 32.2. The van der Waals surface area contributed by atoms with Crippen LogP contribution in [0.5, 0.6) is 0 Å². The number of fused-ring (bicyclic) bond motifs is 1. The minimum atomic E-state index is -1.10. The molecule has 0 aliphatic rings. The van der Waals surface area contributed by atoms with Crippen LogP contribution in [0.3, 0.4) is 0 Å². The van der Waals surface area contributed by atoms with Gasteiger partial charge in [0.2, 0.25) is 5.95 Å². The number of aryl methyl sites for hydroxylation is 1. The Morgan fingerprint density at radius 2 is 1.89 bits per heavy atom. The molecular weight excluding hydrogens is 364 g/mol. The molecule has 2 aromatic heterocycles. The van der Waals surface area contributed by atoms with Gasteiger partial charge in [0, 0.05) is 16.0 Å². The van der Waals surface area contributed by atoms with Crippen molar-refractivity contribution >= 4 is 28.6 Å². The summed E-state index contributed by atoms with van der Waals surface area (Å²) < 4.78 is 1.24. The van der Waals surface area contributed by atoms with Gasteiger partial charge in [0.25, 0.3) is 5.56 Å². The Kier molecular flexibility index (Phi) is 4.25. The molecule has 0 aliphatic carbocycles. The Morgan fingerprint density at radius 1 is 1.15 bits per heavy atom. The van der Waals surface area contributed by atoms with Crippen molar-refractivity contribution in [3.05, 3.63) is 76.3 Å². The molecule has 0 unspecified atom stereocenters. The molecule has 4 aromatic rings. The zero-order valence-corrected chi connectivity index (χ0v) is 15.0. The number of carbonyl (C=O) groups is 1. The molecule has 0 spiro atoms. The number of carboxylic acids is 1. The molecular formula is C19H14N4O3S. The zero-order valence-electron chi connectivity index (χ0n) is 14.2. The minimum absolute atomic E-state index is 0.0152. The normalized spacial score (nSPS) is 11.0. The molecule has 0 fully saturated rings. The first-order chi connectivity index (χ1) is 13.0. The van der Waals surface area contributed by atoms with Crippen molar-refractivity contribution in [1.82, 2.24) is 19.7 Å². The minimum Gasteiger partial charge on any atom is -0.478 e. The average molecular weight is 378 g/mol. The second-order valence-corrected chi connectivity index (χ2v) is 7.11. The van der Waals surface area contributed by atoms with E-state index in [-0.39, 0.29) is 17.1 Å². The van der Waals surface area contributed by atoms with E-state index in [0.717, 1.165) is 9.79 Å². The monoisotopic (exact) mass is 378 g/mol. The number of aromatic carboxylic acids is 1. The summed E-state index contributed by atoms with van der Waals surface area (Å²) in [6, 6.07) is 13.6. The third-order valence-electron chi connectivity index (χ3n) is 3.97. The Morgan fingerprint density at radius 3 is 2.59 bits per heavy atom. The van der Waals surface area contributed by atoms with E-state index in [1.165, 1.54) is 22.6 Å². The third-order valence-corrected chi connectivity index (χ3v) is 4.97. The maximum absolute atomic E-state index is 12.4. The van der Waals surface area contributed by atoms with Gasteiger partial charge in [-0.25, -0.2) is 14.5 Å². The van der Waals surface area contributed by atoms with Gasteiger partial charge in [-0.3, -0.25) is 9.78 Å². The number of H-pyrrole nitrogens is 1. The van der Waals surface area contributed by atoms with Crippen molar-refractivity contribution in [2.24, 2.45) is 0 Å². The Bertz CT molecular complexity index is 1210. The van der Waals surface area contributed by atoms with E-state index in [4.69, 9.17) is 5.11 Å². The molecule has 0 radical (unpaired) electrons. The smallest absolute Gasteiger partial charge is 0.338 e. The Hall–Kier alpha value is -3.39. The molecule has 134 valence electrons. The predicted octanol–water partition coefficient (Wildman–Crippen LogP) is 3.27. The first-order valence-electron chi connectivity index (χ1n) is 8.06. The third kappa shape index (κ3) is 3.47. The summed E-state index contributed by atoms with van der Waals surface area (Å²) in [5.41, 5.74) is 1.41. The van der Waals surface area contributed by atoms with Crippen molar-refractivity contribution in [2.45, 2.75) is 16.7 Å². The van der Waals surface area contributed by atoms with Crippen LogP contribution in [0.4, 0.5) is 0 Å². The van der Waals surface area contributed by atoms with Crippen LogP contribution in [0.15, 0.2) is 69.4 Å². The van der Waals surface area contributed by atoms with Crippen molar-refractivity contribution < 1.29 is 9.90 Å². The topological polar surface area (TPSA) is 101 Å². The molecule has 0 bridgehead atoms. The lowest BCUT2D eigenvalue weighted by Crippen LogP contribution is -2.13. The summed E-state index contributed by atoms with van der Waals surface area (Å²) in [6.07, 6.45) is 2.51. The number of nitrogens with one attached hydrogen (secondary N) is 1. The van der Waals surface area contributed by atoms with E-state index < -0.39 is 5.97 Å². The van der Waals surface area contributed by atoms with Gasteiger partial charge in [-0.15, -0.1) is 0 Å². The van der Waals surface area contributed by atoms with E-state index in [9.17, 15) is 9.59 Å². The molecule has 2 heterocycles. The van der Waals surface area contributed by atoms with E-state index in [2.05, 4.69) is 15.1 Å². The Labute approximate surface area is 157 Å². The number of hydrogen-bond donors (Lipinski definition) is 2. The summed E-state index contributed by atoms with van der Waals surface area (Å²) in [7, 11) is 0. The van der Waals surface area contributed by atoms with Crippen LogP contribution in [0.2, 0.25) is 0 Å². The van der Waals surface area contributed by atoms with Crippen LogP contribution in [0, 0.1) is 6.92 Å². The van der Waals surface area contributed by atoms with Gasteiger partial charge in [-0.1, -0.05) is 29.5 Å². The first kappa shape index (κ1) is 17.0. The average Bonchev–Trinajstić information content (AvgIpc) is 3.14. The maximum Gasteiger partial charge on any atom is 0.338 e. The fourth-order valence-corrected chi connectivity index (χ4v) is 3.42. The van der Waals surface area contributed by atoms with Crippen molar-refractivity contribution in [3.63, 3.8) is 0 Å². The molecule has 4 rings (SSSR count). The van der Waals surface area contributed by atoms with Gasteiger partial charge < -0.3 is 5.11 Å². The standard InChI is InChI=1S/C19H14N4O3S/c1-11-2-4-13(5-3-11)27-14-6-7-15-16(8-14)21-19(22-17(15)24)23-10-12(9-20-23)18(25)26/h2-10H,1H3,(H,25,26)(H,21,22,24). The lowest BCUT2D eigenvalue weighted by Gasteiger charge is -2.06. The van der Waals surface area contributed by atoms with Crippen LogP contribution in [-0.4, -0.2) is 30.8 Å². The molecule has 8 heteroatoms. The molecule has 7 nitrogen and oxygen atoms in total. The summed E-state index contributed by atoms with van der Waals surface area (Å²) >= 11 is 1.57. The second-order valence-electron chi connectivity index (χ2n) is 5.96. The van der Waals surface area contributed by atoms with Crippen molar-refractivity contribution in [3.8, 4) is 5.95 Å². The summed E-state index contributed by atoms with van der Waals surface area (Å²) in [5, 5.41) is 13.4. The van der Waals surface area contributed by atoms with E-state index in [1.54, 1.807) is 17.8 Å². The highest BCUT2D eigenvalue weighted by molar-refractivity contribution is 7.99. The molecule has 0 aliphatic heterocycles. The molecule has 27 heavy (non-hydrogen) atoms. The van der Waals surface area contributed by atoms with Crippen LogP contribution in [-0.2, 0) is 0 Å². The molecule has 0 saturated carbocycles. The van der Waals surface area contributed by atoms with Crippen molar-refractivity contribution in [2.75, 3.05) is 0 Å². The fourth-order valence-electron chi connectivity index (χ4n) is 2.57. The lowest BCUT2D eigenvalue weighted by molar-refractivity contribution is 0.0697. The van der Waals surface area contributed by atoms with Crippen molar-refractivity contribution in [1.29, 1.82) is 0 Å². The number of aromatic amines is 1. The molecule has 0 saturated heterocycles. The maximum atomic E-state index is 12.4. The van der Waals surface area contributed by atoms with Crippen LogP contribution < -0.4 is 5.56 Å². The number of aromatic nitrogens is 4. The highest BCUT2D eigenvalue weighted by Crippen LogP contribution is 2.29. The lowest BCUT2D eigenvalue weighted by atomic mass is 10.2. The number of rotatable bonds is 4. The van der Waals surface area contributed by atoms with Gasteiger partial charge in [0.05, 0.1) is 22.7 Å². The van der Waals surface area contributed by atoms with Crippen LogP contribution >= 0.6 is 11.8 Å². The van der Waals surface area contributed by atoms with Crippen LogP contribution in [0.25, 0.3) is 16.9 Å². The quantitative estimate of drug-likeness (QED) is 0.565. The SMILES string of the molecule is Cc1ccc(Sc2ccc3c(=O)[nH]c(-n4cc(C(=O)O)cn4)nc3c2)cc1. The second kappa shape index (κ2) is 6.73. The zero-order chi connectivity index (χ0) is 19.0. The van der Waals surface area contributed by atoms with Gasteiger partial charge in [-0.05, 0) is 37.3 Å². The van der Waals surface area contributed by atoms with E-state index in [0.29, 0.717) is 10.9 Å². The molecule has 2 N–H and O–H groups in total. The molecule has 0 amide bonds. The molecule has 2 aromatic carbocycles. The summed E-state index contributed by atoms with van der Waals surface area (Å²) in [5.74, 6) is -0.932. The predicted molar refractivity (Wildman–Crippen MR) is 102 cm³/mol. The fraction of sp³-hybridized carbons (Fsp3) is 0.0526. The van der Waals surface area contributed by atoms with Gasteiger partial charge >= 0.3 is 5.97 Å². The van der Waals surface area contributed by atoms with Gasteiger partial charge in [0.1, 0.15) is 0 Å². The first-order valence-corrected chi connectivity index (χ1v) is 8.88. The number of hydrogen-bond acceptors (Lipinski definition) is 5. The number of carboxylic acid groups (broad SMARTS) is 1. The van der Waals surface area contributed by atoms with Crippen LogP contribution in [0.1, 0.15) is 15.9 Å². The molecule has 0 atom stereocenters. The van der Waals surface area contributed by atoms with E-state index in [1.807, 2.05) is 43.3 Å². The Balaban J connectivity index is 1.74. The highest BCUT2D eigenvalue weighted by Gasteiger charge is 2.11. The summed E-state index contributed by atoms with van der Waals surface area (Å²) in [6.45, 7) is 2.03. The number of benzene rings is 2. The van der Waals surface area contributed by atoms with E-state index >= 15 is 0 Å². The van der Waals surface area contributed by atoms with Gasteiger partial charge in [0.15, 0.2) is 0 Å². The summed E-state index contributed by atoms with van der Waals surface area (Å²) in [4.78, 5) is 32.5. The van der Waals surface area contributed by atoms with Gasteiger partial charge in [-0.2, -0.15) is 5.10 Å². The largest absolute Gasteiger partial charge is 0.478 e. The number of nitrogens with zero attached hydrogens (tertiary/aromatic N) is 3.